The zero-order valence-corrected chi connectivity index (χ0v) is 9.83. The lowest BCUT2D eigenvalue weighted by molar-refractivity contribution is -0.120. The third-order valence-corrected chi connectivity index (χ3v) is 3.09. The Morgan fingerprint density at radius 3 is 3.00 bits per heavy atom. The molecule has 0 saturated heterocycles. The highest BCUT2D eigenvalue weighted by Crippen LogP contribution is 2.21. The minimum absolute atomic E-state index is 0.000933. The second-order valence-electron chi connectivity index (χ2n) is 3.31. The number of nitrogens with one attached hydrogen (secondary N) is 1. The molecule has 0 fully saturated rings. The number of nitrogens with two attached hydrogens (primary N) is 1. The highest BCUT2D eigenvalue weighted by molar-refractivity contribution is 7.10. The SMILES string of the molecule is CCC(NC(=O)C/C(N)=N/O)c1cccs1. The van der Waals surface area contributed by atoms with Crippen molar-refractivity contribution in [2.45, 2.75) is 25.8 Å². The summed E-state index contributed by atoms with van der Waals surface area (Å²) in [4.78, 5) is 12.6. The fraction of sp³-hybridized carbons (Fsp3) is 0.400. The van der Waals surface area contributed by atoms with Gasteiger partial charge in [-0.15, -0.1) is 11.3 Å². The second kappa shape index (κ2) is 6.12. The van der Waals surface area contributed by atoms with E-state index in [0.717, 1.165) is 11.3 Å². The summed E-state index contributed by atoms with van der Waals surface area (Å²) in [6.45, 7) is 1.99. The molecular weight excluding hydrogens is 226 g/mol. The van der Waals surface area contributed by atoms with E-state index >= 15 is 0 Å². The van der Waals surface area contributed by atoms with Gasteiger partial charge >= 0.3 is 0 Å². The number of rotatable bonds is 5. The Hall–Kier alpha value is -1.56. The van der Waals surface area contributed by atoms with Gasteiger partial charge < -0.3 is 16.3 Å². The molecule has 0 aliphatic heterocycles. The molecule has 0 bridgehead atoms. The maximum Gasteiger partial charge on any atom is 0.228 e. The minimum atomic E-state index is -0.240. The highest BCUT2D eigenvalue weighted by Gasteiger charge is 2.14. The molecule has 4 N–H and O–H groups in total. The molecule has 1 heterocycles. The summed E-state index contributed by atoms with van der Waals surface area (Å²) in [6.07, 6.45) is 0.723. The molecule has 88 valence electrons. The maximum atomic E-state index is 11.5. The van der Waals surface area contributed by atoms with Crippen LogP contribution in [0.5, 0.6) is 0 Å². The number of amidine groups is 1. The van der Waals surface area contributed by atoms with Gasteiger partial charge in [-0.1, -0.05) is 18.1 Å². The molecular formula is C10H15N3O2S. The average molecular weight is 241 g/mol. The zero-order chi connectivity index (χ0) is 12.0. The van der Waals surface area contributed by atoms with Crippen LogP contribution in [0.25, 0.3) is 0 Å². The van der Waals surface area contributed by atoms with Crippen LogP contribution in [0, 0.1) is 0 Å². The Kier molecular flexibility index (Phi) is 4.78. The van der Waals surface area contributed by atoms with E-state index in [1.807, 2.05) is 24.4 Å². The van der Waals surface area contributed by atoms with Gasteiger partial charge in [0.15, 0.2) is 0 Å². The van der Waals surface area contributed by atoms with Crippen LogP contribution >= 0.6 is 11.3 Å². The van der Waals surface area contributed by atoms with Crippen molar-refractivity contribution >= 4 is 23.1 Å². The normalized spacial score (nSPS) is 13.4. The quantitative estimate of drug-likeness (QED) is 0.315. The van der Waals surface area contributed by atoms with Crippen LogP contribution in [0.1, 0.15) is 30.7 Å². The summed E-state index contributed by atoms with van der Waals surface area (Å²) in [7, 11) is 0. The van der Waals surface area contributed by atoms with Crippen molar-refractivity contribution in [2.24, 2.45) is 10.9 Å². The van der Waals surface area contributed by atoms with Crippen LogP contribution in [-0.4, -0.2) is 17.0 Å². The predicted molar refractivity (Wildman–Crippen MR) is 63.5 cm³/mol. The number of amides is 1. The standard InChI is InChI=1S/C10H15N3O2S/c1-2-7(8-4-3-5-16-8)12-10(14)6-9(11)13-15/h3-5,7,15H,2,6H2,1H3,(H2,11,13)(H,12,14). The topological polar surface area (TPSA) is 87.7 Å². The first-order valence-corrected chi connectivity index (χ1v) is 5.84. The van der Waals surface area contributed by atoms with Crippen molar-refractivity contribution in [3.8, 4) is 0 Å². The number of thiophene rings is 1. The molecule has 1 aromatic rings. The number of carbonyl (C=O) groups is 1. The number of hydrogen-bond acceptors (Lipinski definition) is 4. The molecule has 0 radical (unpaired) electrons. The van der Waals surface area contributed by atoms with Crippen LogP contribution < -0.4 is 11.1 Å². The summed E-state index contributed by atoms with van der Waals surface area (Å²) in [5.74, 6) is -0.325. The van der Waals surface area contributed by atoms with Crippen molar-refractivity contribution in [3.63, 3.8) is 0 Å². The molecule has 0 aliphatic rings. The van der Waals surface area contributed by atoms with Gasteiger partial charge in [0.05, 0.1) is 12.5 Å². The molecule has 1 aromatic heterocycles. The molecule has 0 saturated carbocycles. The molecule has 0 aliphatic carbocycles. The third kappa shape index (κ3) is 3.54. The van der Waals surface area contributed by atoms with Gasteiger partial charge in [0.2, 0.25) is 5.91 Å². The fourth-order valence-corrected chi connectivity index (χ4v) is 2.17. The van der Waals surface area contributed by atoms with Crippen LogP contribution in [0.2, 0.25) is 0 Å². The summed E-state index contributed by atoms with van der Waals surface area (Å²) in [5, 5.41) is 15.9. The van der Waals surface area contributed by atoms with E-state index in [1.54, 1.807) is 11.3 Å². The van der Waals surface area contributed by atoms with Crippen LogP contribution in [0.3, 0.4) is 0 Å². The Labute approximate surface area is 98.0 Å². The summed E-state index contributed by atoms with van der Waals surface area (Å²) in [5.41, 5.74) is 5.25. The highest BCUT2D eigenvalue weighted by atomic mass is 32.1. The van der Waals surface area contributed by atoms with E-state index in [4.69, 9.17) is 10.9 Å². The first-order chi connectivity index (χ1) is 7.67. The largest absolute Gasteiger partial charge is 0.409 e. The maximum absolute atomic E-state index is 11.5. The molecule has 1 atom stereocenters. The fourth-order valence-electron chi connectivity index (χ4n) is 1.31. The zero-order valence-electron chi connectivity index (χ0n) is 9.01. The second-order valence-corrected chi connectivity index (χ2v) is 4.29. The Morgan fingerprint density at radius 2 is 2.50 bits per heavy atom. The molecule has 5 nitrogen and oxygen atoms in total. The first-order valence-electron chi connectivity index (χ1n) is 4.96. The van der Waals surface area contributed by atoms with Gasteiger partial charge in [-0.05, 0) is 17.9 Å². The average Bonchev–Trinajstić information content (AvgIpc) is 2.79. The van der Waals surface area contributed by atoms with Gasteiger partial charge in [0.25, 0.3) is 0 Å². The molecule has 0 spiro atoms. The van der Waals surface area contributed by atoms with E-state index in [0.29, 0.717) is 0 Å². The lowest BCUT2D eigenvalue weighted by Gasteiger charge is -2.14. The Morgan fingerprint density at radius 1 is 1.75 bits per heavy atom. The number of hydrogen-bond donors (Lipinski definition) is 3. The molecule has 1 unspecified atom stereocenters. The van der Waals surface area contributed by atoms with Crippen LogP contribution in [-0.2, 0) is 4.79 Å². The molecule has 1 amide bonds. The van der Waals surface area contributed by atoms with Crippen molar-refractivity contribution < 1.29 is 10.0 Å². The lowest BCUT2D eigenvalue weighted by Crippen LogP contribution is -2.31. The Balaban J connectivity index is 2.54. The van der Waals surface area contributed by atoms with E-state index in [-0.39, 0.29) is 24.2 Å². The lowest BCUT2D eigenvalue weighted by atomic mass is 10.2. The van der Waals surface area contributed by atoms with Gasteiger partial charge in [-0.3, -0.25) is 4.79 Å². The third-order valence-electron chi connectivity index (χ3n) is 2.10. The molecule has 0 aromatic carbocycles. The van der Waals surface area contributed by atoms with Gasteiger partial charge in [-0.25, -0.2) is 0 Å². The van der Waals surface area contributed by atoms with Crippen LogP contribution in [0.15, 0.2) is 22.7 Å². The number of carbonyl (C=O) groups excluding carboxylic acids is 1. The predicted octanol–water partition coefficient (Wildman–Crippen LogP) is 1.45. The van der Waals surface area contributed by atoms with E-state index in [2.05, 4.69) is 10.5 Å². The molecule has 1 rings (SSSR count). The first kappa shape index (κ1) is 12.5. The Bertz CT molecular complexity index is 362. The number of nitrogens with zero attached hydrogens (tertiary/aromatic N) is 1. The smallest absolute Gasteiger partial charge is 0.228 e. The van der Waals surface area contributed by atoms with E-state index < -0.39 is 0 Å². The number of oxime groups is 1. The molecule has 6 heteroatoms. The van der Waals surface area contributed by atoms with Gasteiger partial charge in [0, 0.05) is 4.88 Å². The van der Waals surface area contributed by atoms with Gasteiger partial charge in [0.1, 0.15) is 5.84 Å². The summed E-state index contributed by atoms with van der Waals surface area (Å²) >= 11 is 1.60. The summed E-state index contributed by atoms with van der Waals surface area (Å²) < 4.78 is 0. The minimum Gasteiger partial charge on any atom is -0.409 e. The van der Waals surface area contributed by atoms with E-state index in [1.165, 1.54) is 0 Å². The van der Waals surface area contributed by atoms with Crippen molar-refractivity contribution in [3.05, 3.63) is 22.4 Å². The molecule has 16 heavy (non-hydrogen) atoms. The van der Waals surface area contributed by atoms with Crippen molar-refractivity contribution in [2.75, 3.05) is 0 Å². The van der Waals surface area contributed by atoms with Gasteiger partial charge in [-0.2, -0.15) is 0 Å². The summed E-state index contributed by atoms with van der Waals surface area (Å²) in [6, 6.07) is 3.92. The van der Waals surface area contributed by atoms with Crippen LogP contribution in [0.4, 0.5) is 0 Å². The van der Waals surface area contributed by atoms with Crippen molar-refractivity contribution in [1.29, 1.82) is 0 Å². The van der Waals surface area contributed by atoms with Crippen molar-refractivity contribution in [1.82, 2.24) is 5.32 Å². The van der Waals surface area contributed by atoms with E-state index in [9.17, 15) is 4.79 Å². The monoisotopic (exact) mass is 241 g/mol.